The van der Waals surface area contributed by atoms with Crippen molar-refractivity contribution in [2.24, 2.45) is 11.7 Å². The van der Waals surface area contributed by atoms with Gasteiger partial charge in [0, 0.05) is 38.7 Å². The van der Waals surface area contributed by atoms with E-state index in [1.807, 2.05) is 42.5 Å². The summed E-state index contributed by atoms with van der Waals surface area (Å²) in [6.07, 6.45) is 22.7. The number of ether oxygens (including phenoxy) is 1. The monoisotopic (exact) mass is 298 g/mol. The fourth-order valence-corrected chi connectivity index (χ4v) is 2.75. The maximum Gasteiger partial charge on any atom is 0.0589 e. The van der Waals surface area contributed by atoms with Gasteiger partial charge in [-0.25, -0.2) is 0 Å². The zero-order chi connectivity index (χ0) is 15.6. The highest BCUT2D eigenvalue weighted by atomic mass is 16.5. The molecule has 1 saturated heterocycles. The summed E-state index contributed by atoms with van der Waals surface area (Å²) in [5.41, 5.74) is 7.65. The fourth-order valence-electron chi connectivity index (χ4n) is 2.75. The number of nitrogens with zero attached hydrogens (tertiary/aromatic N) is 1. The van der Waals surface area contributed by atoms with E-state index in [0.717, 1.165) is 26.2 Å². The first-order chi connectivity index (χ1) is 10.8. The van der Waals surface area contributed by atoms with Crippen LogP contribution in [-0.2, 0) is 4.74 Å². The summed E-state index contributed by atoms with van der Waals surface area (Å²) in [7, 11) is 1.74. The molecule has 0 bridgehead atoms. The Balaban J connectivity index is 2.10. The molecule has 1 aliphatic carbocycles. The third kappa shape index (κ3) is 5.26. The zero-order valence-corrected chi connectivity index (χ0v) is 13.3. The molecule has 1 heterocycles. The topological polar surface area (TPSA) is 38.5 Å². The van der Waals surface area contributed by atoms with Crippen LogP contribution in [0.4, 0.5) is 0 Å². The Kier molecular flexibility index (Phi) is 7.10. The van der Waals surface area contributed by atoms with Gasteiger partial charge in [-0.3, -0.25) is 4.90 Å². The van der Waals surface area contributed by atoms with Crippen LogP contribution in [0.1, 0.15) is 0 Å². The van der Waals surface area contributed by atoms with E-state index in [4.69, 9.17) is 10.5 Å². The van der Waals surface area contributed by atoms with Crippen LogP contribution in [0.3, 0.4) is 0 Å². The molecule has 0 aromatic carbocycles. The number of allylic oxidation sites excluding steroid dienone is 11. The lowest BCUT2D eigenvalue weighted by atomic mass is 9.93. The average Bonchev–Trinajstić information content (AvgIpc) is 2.87. The highest BCUT2D eigenvalue weighted by Crippen LogP contribution is 2.24. The predicted octanol–water partition coefficient (Wildman–Crippen LogP) is 2.61. The molecule has 0 radical (unpaired) electrons. The molecule has 1 unspecified atom stereocenters. The average molecular weight is 298 g/mol. The van der Waals surface area contributed by atoms with Crippen molar-refractivity contribution >= 4 is 0 Å². The lowest BCUT2D eigenvalue weighted by Crippen LogP contribution is -2.31. The molecule has 0 aromatic heterocycles. The number of hydrogen-bond donors (Lipinski definition) is 1. The molecule has 0 amide bonds. The highest BCUT2D eigenvalue weighted by Gasteiger charge is 2.31. The summed E-state index contributed by atoms with van der Waals surface area (Å²) in [5.74, 6) is 0.369. The molecule has 1 fully saturated rings. The maximum atomic E-state index is 6.36. The minimum Gasteiger partial charge on any atom is -0.383 e. The molecule has 2 N–H and O–H groups in total. The van der Waals surface area contributed by atoms with Crippen LogP contribution in [0.15, 0.2) is 72.4 Å². The zero-order valence-electron chi connectivity index (χ0n) is 13.3. The Morgan fingerprint density at radius 2 is 1.64 bits per heavy atom. The smallest absolute Gasteiger partial charge is 0.0589 e. The van der Waals surface area contributed by atoms with E-state index in [-0.39, 0.29) is 6.04 Å². The highest BCUT2D eigenvalue weighted by molar-refractivity contribution is 5.33. The Morgan fingerprint density at radius 3 is 2.32 bits per heavy atom. The first-order valence-corrected chi connectivity index (χ1v) is 7.83. The summed E-state index contributed by atoms with van der Waals surface area (Å²) in [5, 5.41) is 0. The van der Waals surface area contributed by atoms with E-state index >= 15 is 0 Å². The van der Waals surface area contributed by atoms with Gasteiger partial charge in [0.1, 0.15) is 0 Å². The van der Waals surface area contributed by atoms with Crippen LogP contribution in [0.2, 0.25) is 0 Å². The Hall–Kier alpha value is -1.68. The van der Waals surface area contributed by atoms with Gasteiger partial charge in [-0.05, 0) is 5.57 Å². The second-order valence-electron chi connectivity index (χ2n) is 5.59. The lowest BCUT2D eigenvalue weighted by molar-refractivity contribution is 0.159. The fraction of sp³-hybridized carbons (Fsp3) is 0.368. The van der Waals surface area contributed by atoms with Gasteiger partial charge in [-0.15, -0.1) is 0 Å². The van der Waals surface area contributed by atoms with E-state index < -0.39 is 0 Å². The van der Waals surface area contributed by atoms with Crippen LogP contribution in [0.5, 0.6) is 0 Å². The molecule has 118 valence electrons. The van der Waals surface area contributed by atoms with Gasteiger partial charge < -0.3 is 10.5 Å². The van der Waals surface area contributed by atoms with Crippen LogP contribution < -0.4 is 5.73 Å². The molecule has 2 rings (SSSR count). The van der Waals surface area contributed by atoms with Gasteiger partial charge in [0.2, 0.25) is 0 Å². The number of hydrogen-bond acceptors (Lipinski definition) is 3. The molecule has 2 atom stereocenters. The van der Waals surface area contributed by atoms with Crippen molar-refractivity contribution in [3.05, 3.63) is 72.4 Å². The first-order valence-electron chi connectivity index (χ1n) is 7.83. The van der Waals surface area contributed by atoms with Gasteiger partial charge in [0.15, 0.2) is 0 Å². The minimum atomic E-state index is 0.175. The van der Waals surface area contributed by atoms with Crippen molar-refractivity contribution in [3.63, 3.8) is 0 Å². The number of methoxy groups -OCH3 is 1. The molecule has 1 aliphatic heterocycles. The van der Waals surface area contributed by atoms with Crippen molar-refractivity contribution in [2.75, 3.05) is 33.4 Å². The number of nitrogens with two attached hydrogens (primary N) is 1. The normalized spacial score (nSPS) is 31.8. The van der Waals surface area contributed by atoms with Gasteiger partial charge in [-0.1, -0.05) is 66.8 Å². The molecule has 0 saturated carbocycles. The van der Waals surface area contributed by atoms with Crippen molar-refractivity contribution < 1.29 is 4.74 Å². The molecule has 2 aliphatic rings. The van der Waals surface area contributed by atoms with Crippen molar-refractivity contribution in [3.8, 4) is 0 Å². The Morgan fingerprint density at radius 1 is 1.00 bits per heavy atom. The van der Waals surface area contributed by atoms with Crippen molar-refractivity contribution in [1.82, 2.24) is 4.90 Å². The summed E-state index contributed by atoms with van der Waals surface area (Å²) in [4.78, 5) is 2.38. The van der Waals surface area contributed by atoms with E-state index in [1.165, 1.54) is 5.57 Å². The third-order valence-corrected chi connectivity index (χ3v) is 3.95. The SMILES string of the molecule is COCCN1CC(C2=C\C=C/C=C\C=C/C=C\C=C2)[C@H](N)C1. The molecule has 0 aromatic rings. The quantitative estimate of drug-likeness (QED) is 0.867. The van der Waals surface area contributed by atoms with Crippen LogP contribution in [0.25, 0.3) is 0 Å². The van der Waals surface area contributed by atoms with Crippen LogP contribution >= 0.6 is 0 Å². The van der Waals surface area contributed by atoms with E-state index in [9.17, 15) is 0 Å². The second-order valence-corrected chi connectivity index (χ2v) is 5.59. The summed E-state index contributed by atoms with van der Waals surface area (Å²) in [6, 6.07) is 0.175. The molecule has 3 heteroatoms. The number of likely N-dealkylation sites (tertiary alicyclic amines) is 1. The summed E-state index contributed by atoms with van der Waals surface area (Å²) < 4.78 is 5.17. The Labute approximate surface area is 133 Å². The molecular weight excluding hydrogens is 272 g/mol. The number of rotatable bonds is 4. The summed E-state index contributed by atoms with van der Waals surface area (Å²) in [6.45, 7) is 3.63. The molecule has 0 spiro atoms. The van der Waals surface area contributed by atoms with Crippen molar-refractivity contribution in [1.29, 1.82) is 0 Å². The summed E-state index contributed by atoms with van der Waals surface area (Å²) >= 11 is 0. The van der Waals surface area contributed by atoms with Crippen molar-refractivity contribution in [2.45, 2.75) is 6.04 Å². The first kappa shape index (κ1) is 16.7. The Bertz CT molecular complexity index is 512. The minimum absolute atomic E-state index is 0.175. The molecular formula is C19H26N2O. The van der Waals surface area contributed by atoms with E-state index in [2.05, 4.69) is 29.2 Å². The van der Waals surface area contributed by atoms with Crippen LogP contribution in [0, 0.1) is 5.92 Å². The van der Waals surface area contributed by atoms with Crippen LogP contribution in [-0.4, -0.2) is 44.3 Å². The third-order valence-electron chi connectivity index (χ3n) is 3.95. The van der Waals surface area contributed by atoms with E-state index in [1.54, 1.807) is 7.11 Å². The molecule has 22 heavy (non-hydrogen) atoms. The standard InChI is InChI=1S/C19H26N2O/c1-22-14-13-21-15-18(19(20)16-21)17-11-9-7-5-3-2-4-6-8-10-12-17/h2-12,18-19H,13-16,20H2,1H3/b3-2-,4-2?,5-3?,6-4-,7-5-,8-6?,9-7?,10-8-,11-9?,12-10?,17-11?,17-12?/t18?,19-/m1/s1. The van der Waals surface area contributed by atoms with Gasteiger partial charge in [-0.2, -0.15) is 0 Å². The van der Waals surface area contributed by atoms with Gasteiger partial charge >= 0.3 is 0 Å². The van der Waals surface area contributed by atoms with Gasteiger partial charge in [0.05, 0.1) is 6.61 Å². The lowest BCUT2D eigenvalue weighted by Gasteiger charge is -2.16. The van der Waals surface area contributed by atoms with Gasteiger partial charge in [0.25, 0.3) is 0 Å². The largest absolute Gasteiger partial charge is 0.383 e. The second kappa shape index (κ2) is 9.36. The maximum absolute atomic E-state index is 6.36. The predicted molar refractivity (Wildman–Crippen MR) is 93.6 cm³/mol. The molecule has 3 nitrogen and oxygen atoms in total. The van der Waals surface area contributed by atoms with E-state index in [0.29, 0.717) is 5.92 Å².